The molecular formula is C18H18ClN3O2. The number of nitrogens with zero attached hydrogens (tertiary/aromatic N) is 2. The highest BCUT2D eigenvalue weighted by atomic mass is 35.5. The van der Waals surface area contributed by atoms with Crippen molar-refractivity contribution in [1.29, 1.82) is 0 Å². The Kier molecular flexibility index (Phi) is 5.13. The Labute approximate surface area is 145 Å². The number of hydrogen-bond donors (Lipinski definition) is 1. The van der Waals surface area contributed by atoms with Gasteiger partial charge in [0.2, 0.25) is 0 Å². The maximum atomic E-state index is 12.6. The van der Waals surface area contributed by atoms with Crippen LogP contribution in [0.15, 0.2) is 48.7 Å². The lowest BCUT2D eigenvalue weighted by Gasteiger charge is -2.07. The second-order valence-electron chi connectivity index (χ2n) is 5.35. The van der Waals surface area contributed by atoms with Crippen LogP contribution in [0.5, 0.6) is 0 Å². The summed E-state index contributed by atoms with van der Waals surface area (Å²) in [6, 6.07) is 13.1. The molecule has 5 nitrogen and oxygen atoms in total. The number of imidazole rings is 1. The fourth-order valence-electron chi connectivity index (χ4n) is 2.54. The van der Waals surface area contributed by atoms with Crippen LogP contribution in [0, 0.1) is 0 Å². The second-order valence-corrected chi connectivity index (χ2v) is 5.78. The first kappa shape index (κ1) is 16.5. The maximum absolute atomic E-state index is 12.6. The van der Waals surface area contributed by atoms with Gasteiger partial charge in [0.15, 0.2) is 5.69 Å². The van der Waals surface area contributed by atoms with Crippen molar-refractivity contribution in [3.63, 3.8) is 0 Å². The number of hydrogen-bond acceptors (Lipinski definition) is 3. The summed E-state index contributed by atoms with van der Waals surface area (Å²) in [6.45, 7) is 1.15. The molecule has 0 radical (unpaired) electrons. The number of ether oxygens (including phenoxy) is 1. The number of methoxy groups -OCH3 is 1. The average Bonchev–Trinajstić information content (AvgIpc) is 2.99. The largest absolute Gasteiger partial charge is 0.385 e. The van der Waals surface area contributed by atoms with Crippen molar-refractivity contribution in [3.8, 4) is 11.3 Å². The van der Waals surface area contributed by atoms with Crippen LogP contribution in [0.25, 0.3) is 16.9 Å². The Balaban J connectivity index is 1.99. The van der Waals surface area contributed by atoms with Crippen molar-refractivity contribution in [2.75, 3.05) is 20.3 Å². The number of amides is 1. The van der Waals surface area contributed by atoms with E-state index in [9.17, 15) is 4.79 Å². The topological polar surface area (TPSA) is 55.6 Å². The number of aromatic nitrogens is 2. The Morgan fingerprint density at radius 3 is 2.79 bits per heavy atom. The second kappa shape index (κ2) is 7.47. The predicted molar refractivity (Wildman–Crippen MR) is 94.5 cm³/mol. The van der Waals surface area contributed by atoms with Crippen LogP contribution < -0.4 is 5.32 Å². The van der Waals surface area contributed by atoms with Gasteiger partial charge in [-0.15, -0.1) is 0 Å². The molecule has 2 heterocycles. The zero-order valence-electron chi connectivity index (χ0n) is 13.3. The standard InChI is InChI=1S/C18H18ClN3O2/c1-24-12-4-10-20-18(23)16-17(13-6-8-14(19)9-7-13)22-11-3-2-5-15(22)21-16/h2-3,5-9,11H,4,10,12H2,1H3,(H,20,23). The first-order chi connectivity index (χ1) is 11.7. The van der Waals surface area contributed by atoms with Gasteiger partial charge in [0, 0.05) is 37.0 Å². The third kappa shape index (κ3) is 3.42. The molecule has 0 aliphatic heterocycles. The quantitative estimate of drug-likeness (QED) is 0.698. The molecule has 24 heavy (non-hydrogen) atoms. The highest BCUT2D eigenvalue weighted by molar-refractivity contribution is 6.30. The van der Waals surface area contributed by atoms with Gasteiger partial charge < -0.3 is 10.1 Å². The molecular weight excluding hydrogens is 326 g/mol. The van der Waals surface area contributed by atoms with Gasteiger partial charge in [0.1, 0.15) is 5.65 Å². The third-order valence-electron chi connectivity index (χ3n) is 3.67. The fraction of sp³-hybridized carbons (Fsp3) is 0.222. The molecule has 124 valence electrons. The van der Waals surface area contributed by atoms with Gasteiger partial charge in [-0.2, -0.15) is 0 Å². The van der Waals surface area contributed by atoms with Crippen LogP contribution in [0.1, 0.15) is 16.9 Å². The number of fused-ring (bicyclic) bond motifs is 1. The lowest BCUT2D eigenvalue weighted by atomic mass is 10.1. The molecule has 0 bridgehead atoms. The maximum Gasteiger partial charge on any atom is 0.272 e. The average molecular weight is 344 g/mol. The van der Waals surface area contributed by atoms with E-state index in [0.29, 0.717) is 23.9 Å². The Morgan fingerprint density at radius 1 is 1.25 bits per heavy atom. The van der Waals surface area contributed by atoms with Gasteiger partial charge >= 0.3 is 0 Å². The first-order valence-corrected chi connectivity index (χ1v) is 8.08. The normalized spacial score (nSPS) is 10.9. The van der Waals surface area contributed by atoms with E-state index in [-0.39, 0.29) is 5.91 Å². The minimum Gasteiger partial charge on any atom is -0.385 e. The van der Waals surface area contributed by atoms with Gasteiger partial charge in [0.25, 0.3) is 5.91 Å². The van der Waals surface area contributed by atoms with Crippen LogP contribution in [0.3, 0.4) is 0 Å². The van der Waals surface area contributed by atoms with Crippen molar-refractivity contribution in [1.82, 2.24) is 14.7 Å². The van der Waals surface area contributed by atoms with Crippen LogP contribution in [0.2, 0.25) is 5.02 Å². The van der Waals surface area contributed by atoms with Gasteiger partial charge in [-0.1, -0.05) is 29.8 Å². The summed E-state index contributed by atoms with van der Waals surface area (Å²) >= 11 is 5.98. The van der Waals surface area contributed by atoms with E-state index in [0.717, 1.165) is 23.3 Å². The zero-order chi connectivity index (χ0) is 16.9. The van der Waals surface area contributed by atoms with Crippen LogP contribution in [-0.2, 0) is 4.74 Å². The number of halogens is 1. The summed E-state index contributed by atoms with van der Waals surface area (Å²) < 4.78 is 6.91. The molecule has 3 rings (SSSR count). The van der Waals surface area contributed by atoms with Crippen molar-refractivity contribution >= 4 is 23.2 Å². The van der Waals surface area contributed by atoms with E-state index >= 15 is 0 Å². The highest BCUT2D eigenvalue weighted by Gasteiger charge is 2.19. The molecule has 1 amide bonds. The molecule has 6 heteroatoms. The molecule has 0 atom stereocenters. The summed E-state index contributed by atoms with van der Waals surface area (Å²) in [7, 11) is 1.64. The molecule has 0 saturated carbocycles. The lowest BCUT2D eigenvalue weighted by molar-refractivity contribution is 0.0945. The molecule has 2 aromatic heterocycles. The Hall–Kier alpha value is -2.37. The smallest absolute Gasteiger partial charge is 0.272 e. The number of carbonyl (C=O) groups is 1. The molecule has 0 unspecified atom stereocenters. The van der Waals surface area contributed by atoms with Gasteiger partial charge in [-0.05, 0) is 30.7 Å². The van der Waals surface area contributed by atoms with E-state index in [1.54, 1.807) is 19.2 Å². The van der Waals surface area contributed by atoms with Crippen LogP contribution in [-0.4, -0.2) is 35.6 Å². The summed E-state index contributed by atoms with van der Waals surface area (Å²) in [4.78, 5) is 17.1. The summed E-state index contributed by atoms with van der Waals surface area (Å²) in [5.41, 5.74) is 2.78. The van der Waals surface area contributed by atoms with Crippen molar-refractivity contribution in [2.45, 2.75) is 6.42 Å². The Bertz CT molecular complexity index is 843. The molecule has 1 aromatic carbocycles. The van der Waals surface area contributed by atoms with Gasteiger partial charge in [0.05, 0.1) is 5.69 Å². The molecule has 3 aromatic rings. The fourth-order valence-corrected chi connectivity index (χ4v) is 2.67. The van der Waals surface area contributed by atoms with Crippen molar-refractivity contribution < 1.29 is 9.53 Å². The van der Waals surface area contributed by atoms with Gasteiger partial charge in [-0.25, -0.2) is 4.98 Å². The number of rotatable bonds is 6. The first-order valence-electron chi connectivity index (χ1n) is 7.71. The molecule has 1 N–H and O–H groups in total. The number of nitrogens with one attached hydrogen (secondary N) is 1. The van der Waals surface area contributed by atoms with E-state index in [1.165, 1.54) is 0 Å². The minimum atomic E-state index is -0.195. The Morgan fingerprint density at radius 2 is 2.04 bits per heavy atom. The van der Waals surface area contributed by atoms with Crippen molar-refractivity contribution in [2.24, 2.45) is 0 Å². The van der Waals surface area contributed by atoms with E-state index < -0.39 is 0 Å². The summed E-state index contributed by atoms with van der Waals surface area (Å²) in [5.74, 6) is -0.195. The summed E-state index contributed by atoms with van der Waals surface area (Å²) in [5, 5.41) is 3.55. The molecule has 0 aliphatic carbocycles. The van der Waals surface area contributed by atoms with Crippen molar-refractivity contribution in [3.05, 3.63) is 59.4 Å². The SMILES string of the molecule is COCCCNC(=O)c1nc2ccccn2c1-c1ccc(Cl)cc1. The highest BCUT2D eigenvalue weighted by Crippen LogP contribution is 2.26. The van der Waals surface area contributed by atoms with Gasteiger partial charge in [-0.3, -0.25) is 9.20 Å². The zero-order valence-corrected chi connectivity index (χ0v) is 14.1. The van der Waals surface area contributed by atoms with E-state index in [2.05, 4.69) is 10.3 Å². The minimum absolute atomic E-state index is 0.195. The third-order valence-corrected chi connectivity index (χ3v) is 3.93. The number of carbonyl (C=O) groups excluding carboxylic acids is 1. The summed E-state index contributed by atoms with van der Waals surface area (Å²) in [6.07, 6.45) is 2.65. The molecule has 0 saturated heterocycles. The van der Waals surface area contributed by atoms with Crippen LogP contribution in [0.4, 0.5) is 0 Å². The number of pyridine rings is 1. The van der Waals surface area contributed by atoms with E-state index in [1.807, 2.05) is 40.9 Å². The molecule has 0 spiro atoms. The number of benzene rings is 1. The predicted octanol–water partition coefficient (Wildman–Crippen LogP) is 3.42. The van der Waals surface area contributed by atoms with Crippen LogP contribution >= 0.6 is 11.6 Å². The van der Waals surface area contributed by atoms with E-state index in [4.69, 9.17) is 16.3 Å². The monoisotopic (exact) mass is 343 g/mol. The molecule has 0 fully saturated rings. The lowest BCUT2D eigenvalue weighted by Crippen LogP contribution is -2.26. The molecule has 0 aliphatic rings.